The van der Waals surface area contributed by atoms with Crippen molar-refractivity contribution in [2.24, 2.45) is 11.1 Å². The summed E-state index contributed by atoms with van der Waals surface area (Å²) in [6, 6.07) is 8.40. The van der Waals surface area contributed by atoms with Crippen molar-refractivity contribution in [3.63, 3.8) is 0 Å². The zero-order chi connectivity index (χ0) is 11.1. The predicted octanol–water partition coefficient (Wildman–Crippen LogP) is 3.16. The van der Waals surface area contributed by atoms with Gasteiger partial charge < -0.3 is 5.73 Å². The van der Waals surface area contributed by atoms with Crippen LogP contribution in [-0.4, -0.2) is 0 Å². The summed E-state index contributed by atoms with van der Waals surface area (Å²) in [5, 5.41) is 0. The van der Waals surface area contributed by atoms with Crippen LogP contribution in [0.2, 0.25) is 0 Å². The zero-order valence-electron chi connectivity index (χ0n) is 9.51. The van der Waals surface area contributed by atoms with Crippen LogP contribution in [0.5, 0.6) is 0 Å². The van der Waals surface area contributed by atoms with Crippen molar-refractivity contribution in [2.45, 2.75) is 26.7 Å². The van der Waals surface area contributed by atoms with Crippen LogP contribution in [-0.2, 0) is 6.42 Å². The van der Waals surface area contributed by atoms with E-state index in [0.717, 1.165) is 18.5 Å². The van der Waals surface area contributed by atoms with Gasteiger partial charge >= 0.3 is 0 Å². The summed E-state index contributed by atoms with van der Waals surface area (Å²) in [5.74, 6) is 0. The molecule has 0 heterocycles. The molecule has 2 rings (SSSR count). The van der Waals surface area contributed by atoms with E-state index in [-0.39, 0.29) is 5.41 Å². The summed E-state index contributed by atoms with van der Waals surface area (Å²) in [6.07, 6.45) is 1.86. The van der Waals surface area contributed by atoms with Gasteiger partial charge in [-0.1, -0.05) is 38.1 Å². The first-order valence-electron chi connectivity index (χ1n) is 5.43. The number of rotatable bonds is 1. The number of hydrogen-bond acceptors (Lipinski definition) is 1. The van der Waals surface area contributed by atoms with Gasteiger partial charge in [-0.3, -0.25) is 0 Å². The summed E-state index contributed by atoms with van der Waals surface area (Å²) in [7, 11) is 0. The highest BCUT2D eigenvalue weighted by Gasteiger charge is 2.30. The molecule has 1 nitrogen and oxygen atoms in total. The normalized spacial score (nSPS) is 18.9. The molecule has 1 aromatic rings. The van der Waals surface area contributed by atoms with E-state index < -0.39 is 0 Å². The molecule has 2 N–H and O–H groups in total. The molecule has 0 amide bonds. The van der Waals surface area contributed by atoms with Crippen LogP contribution in [0.25, 0.3) is 5.70 Å². The molecule has 1 heteroatoms. The molecule has 1 radical (unpaired) electrons. The first-order valence-corrected chi connectivity index (χ1v) is 5.43. The van der Waals surface area contributed by atoms with Crippen molar-refractivity contribution < 1.29 is 0 Å². The Hall–Kier alpha value is -1.24. The lowest BCUT2D eigenvalue weighted by Gasteiger charge is -2.35. The van der Waals surface area contributed by atoms with Gasteiger partial charge in [0.25, 0.3) is 0 Å². The highest BCUT2D eigenvalue weighted by Crippen LogP contribution is 2.41. The van der Waals surface area contributed by atoms with E-state index in [1.807, 2.05) is 6.07 Å². The van der Waals surface area contributed by atoms with Gasteiger partial charge in [0.1, 0.15) is 0 Å². The third kappa shape index (κ3) is 1.56. The van der Waals surface area contributed by atoms with Gasteiger partial charge in [0, 0.05) is 11.3 Å². The van der Waals surface area contributed by atoms with E-state index >= 15 is 0 Å². The Balaban J connectivity index is 2.63. The van der Waals surface area contributed by atoms with Crippen molar-refractivity contribution in [3.8, 4) is 0 Å². The maximum Gasteiger partial charge on any atom is 0.0387 e. The van der Waals surface area contributed by atoms with Gasteiger partial charge in [0.05, 0.1) is 0 Å². The number of fused-ring (bicyclic) bond motifs is 1. The lowest BCUT2D eigenvalue weighted by Crippen LogP contribution is -2.26. The highest BCUT2D eigenvalue weighted by atomic mass is 14.6. The van der Waals surface area contributed by atoms with E-state index in [2.05, 4.69) is 39.0 Å². The zero-order valence-corrected chi connectivity index (χ0v) is 9.51. The number of nitrogens with two attached hydrogens (primary N) is 1. The molecule has 1 aromatic carbocycles. The molecule has 0 spiro atoms. The van der Waals surface area contributed by atoms with Crippen LogP contribution in [0.1, 0.15) is 31.4 Å². The molecule has 0 saturated carbocycles. The fraction of sp³-hybridized carbons (Fsp3) is 0.357. The smallest absolute Gasteiger partial charge is 0.0387 e. The molecule has 1 aliphatic rings. The Labute approximate surface area is 92.0 Å². The highest BCUT2D eigenvalue weighted by molar-refractivity contribution is 5.72. The molecule has 1 aliphatic carbocycles. The second-order valence-corrected chi connectivity index (χ2v) is 4.86. The van der Waals surface area contributed by atoms with Crippen molar-refractivity contribution >= 4 is 5.70 Å². The van der Waals surface area contributed by atoms with E-state index in [9.17, 15) is 0 Å². The maximum atomic E-state index is 6.22. The molecule has 0 saturated heterocycles. The van der Waals surface area contributed by atoms with Crippen LogP contribution in [0.15, 0.2) is 29.8 Å². The monoisotopic (exact) mass is 200 g/mol. The fourth-order valence-electron chi connectivity index (χ4n) is 2.52. The van der Waals surface area contributed by atoms with Crippen LogP contribution < -0.4 is 5.73 Å². The summed E-state index contributed by atoms with van der Waals surface area (Å²) in [6.45, 7) is 8.48. The van der Waals surface area contributed by atoms with Crippen molar-refractivity contribution in [3.05, 3.63) is 47.9 Å². The summed E-state index contributed by atoms with van der Waals surface area (Å²) < 4.78 is 0. The van der Waals surface area contributed by atoms with Gasteiger partial charge in [-0.2, -0.15) is 0 Å². The lowest BCUT2D eigenvalue weighted by atomic mass is 9.71. The molecule has 0 aromatic heterocycles. The fourth-order valence-corrected chi connectivity index (χ4v) is 2.52. The average molecular weight is 200 g/mol. The second-order valence-electron chi connectivity index (χ2n) is 4.86. The topological polar surface area (TPSA) is 26.0 Å². The second kappa shape index (κ2) is 3.41. The Morgan fingerprint density at radius 2 is 2.00 bits per heavy atom. The first kappa shape index (κ1) is 10.3. The molecule has 0 aliphatic heterocycles. The summed E-state index contributed by atoms with van der Waals surface area (Å²) in [4.78, 5) is 0. The Bertz CT molecular complexity index is 413. The minimum Gasteiger partial charge on any atom is -0.398 e. The number of benzene rings is 1. The van der Waals surface area contributed by atoms with E-state index in [1.54, 1.807) is 0 Å². The van der Waals surface area contributed by atoms with Crippen molar-refractivity contribution in [1.82, 2.24) is 0 Å². The van der Waals surface area contributed by atoms with E-state index in [1.165, 1.54) is 16.7 Å². The van der Waals surface area contributed by atoms with Gasteiger partial charge in [-0.05, 0) is 36.3 Å². The standard InChI is InChI=1S/C14H18N/c1-4-12-13(15)11-8-6-5-7-10(11)9-14(12,2)3/h5-8H,1,4,9,15H2,2-3H3. The van der Waals surface area contributed by atoms with Gasteiger partial charge in [0.15, 0.2) is 0 Å². The minimum atomic E-state index is 0.153. The van der Waals surface area contributed by atoms with Crippen LogP contribution in [0, 0.1) is 12.3 Å². The Kier molecular flexibility index (Phi) is 2.34. The van der Waals surface area contributed by atoms with Gasteiger partial charge in [0.2, 0.25) is 0 Å². The van der Waals surface area contributed by atoms with Gasteiger partial charge in [-0.25, -0.2) is 0 Å². The predicted molar refractivity (Wildman–Crippen MR) is 65.0 cm³/mol. The van der Waals surface area contributed by atoms with Gasteiger partial charge in [-0.15, -0.1) is 0 Å². The van der Waals surface area contributed by atoms with Crippen molar-refractivity contribution in [2.75, 3.05) is 0 Å². The quantitative estimate of drug-likeness (QED) is 0.740. The SMILES string of the molecule is [CH2]CC1=C(N)c2ccccc2CC1(C)C. The molecule has 79 valence electrons. The average Bonchev–Trinajstić information content (AvgIpc) is 2.17. The van der Waals surface area contributed by atoms with Crippen LogP contribution in [0.4, 0.5) is 0 Å². The molecular formula is C14H18N. The number of allylic oxidation sites excluding steroid dienone is 1. The largest absolute Gasteiger partial charge is 0.398 e. The molecule has 0 unspecified atom stereocenters. The molecular weight excluding hydrogens is 182 g/mol. The third-order valence-corrected chi connectivity index (χ3v) is 3.33. The molecule has 0 fully saturated rings. The summed E-state index contributed by atoms with van der Waals surface area (Å²) in [5.41, 5.74) is 11.2. The van der Waals surface area contributed by atoms with Crippen molar-refractivity contribution in [1.29, 1.82) is 0 Å². The Morgan fingerprint density at radius 1 is 1.33 bits per heavy atom. The molecule has 0 atom stereocenters. The lowest BCUT2D eigenvalue weighted by molar-refractivity contribution is 0.429. The van der Waals surface area contributed by atoms with E-state index in [4.69, 9.17) is 5.73 Å². The third-order valence-electron chi connectivity index (χ3n) is 3.33. The Morgan fingerprint density at radius 3 is 2.67 bits per heavy atom. The van der Waals surface area contributed by atoms with Crippen LogP contribution in [0.3, 0.4) is 0 Å². The summed E-state index contributed by atoms with van der Waals surface area (Å²) >= 11 is 0. The molecule has 15 heavy (non-hydrogen) atoms. The number of hydrogen-bond donors (Lipinski definition) is 1. The maximum absolute atomic E-state index is 6.22. The van der Waals surface area contributed by atoms with E-state index in [0.29, 0.717) is 0 Å². The first-order chi connectivity index (χ1) is 7.06. The van der Waals surface area contributed by atoms with Crippen LogP contribution >= 0.6 is 0 Å². The molecule has 0 bridgehead atoms. The minimum absolute atomic E-state index is 0.153.